The molecule has 0 saturated heterocycles. The fourth-order valence-corrected chi connectivity index (χ4v) is 12.8. The first kappa shape index (κ1) is 87.2. The molecule has 0 atom stereocenters. The molecule has 0 spiro atoms. The molecule has 6 aliphatic heterocycles. The molecule has 0 N–H and O–H groups in total. The zero-order valence-corrected chi connectivity index (χ0v) is 61.9. The first-order valence-corrected chi connectivity index (χ1v) is 35.4. The highest BCUT2D eigenvalue weighted by molar-refractivity contribution is 5.58. The second-order valence-corrected chi connectivity index (χ2v) is 26.9. The number of nitrogens with zero attached hydrogens (tertiary/aromatic N) is 6. The van der Waals surface area contributed by atoms with Gasteiger partial charge in [-0.25, -0.2) is 119 Å². The van der Waals surface area contributed by atoms with Crippen molar-refractivity contribution in [2.24, 2.45) is 0 Å². The summed E-state index contributed by atoms with van der Waals surface area (Å²) in [5.74, 6) is -29.1. The molecule has 6 heterocycles. The summed E-state index contributed by atoms with van der Waals surface area (Å²) in [5.41, 5.74) is 1.51. The Balaban J connectivity index is 0.000000127. The largest absolute Gasteiger partial charge is 0.473 e. The Morgan fingerprint density at radius 2 is 0.447 bits per heavy atom. The van der Waals surface area contributed by atoms with Crippen molar-refractivity contribution in [1.29, 1.82) is 0 Å². The minimum Gasteiger partial charge on any atom is -0.473 e. The second kappa shape index (κ2) is 36.7. The van der Waals surface area contributed by atoms with Gasteiger partial charge in [-0.05, 0) is 91.0 Å². The van der Waals surface area contributed by atoms with Crippen LogP contribution in [0.15, 0.2) is 164 Å². The van der Waals surface area contributed by atoms with E-state index >= 15 is 0 Å². The average Bonchev–Trinajstić information content (AvgIpc) is 0.782. The zero-order valence-electron chi connectivity index (χ0n) is 61.9. The molecule has 123 heavy (non-hydrogen) atoms. The predicted molar refractivity (Wildman–Crippen MR) is 386 cm³/mol. The lowest BCUT2D eigenvalue weighted by atomic mass is 10.1. The van der Waals surface area contributed by atoms with Crippen molar-refractivity contribution < 1.29 is 147 Å². The van der Waals surface area contributed by atoms with Crippen molar-refractivity contribution in [3.8, 4) is 34.5 Å². The monoisotopic (exact) mass is 1750 g/mol. The van der Waals surface area contributed by atoms with Crippen LogP contribution in [0.1, 0.15) is 33.4 Å². The molecule has 0 aromatic heterocycles. The Bertz CT molecular complexity index is 6000. The summed E-state index contributed by atoms with van der Waals surface area (Å²) >= 11 is 0. The van der Waals surface area contributed by atoms with Crippen molar-refractivity contribution in [2.75, 3.05) is 69.8 Å². The van der Waals surface area contributed by atoms with E-state index in [1.807, 2.05) is 0 Å². The van der Waals surface area contributed by atoms with Crippen molar-refractivity contribution in [2.45, 2.75) is 39.3 Å². The van der Waals surface area contributed by atoms with Crippen LogP contribution in [-0.2, 0) is 39.3 Å². The number of ether oxygens (including phenoxy) is 6. The zero-order chi connectivity index (χ0) is 88.3. The summed E-state index contributed by atoms with van der Waals surface area (Å²) in [7, 11) is 0. The van der Waals surface area contributed by atoms with E-state index in [1.165, 1.54) is 57.2 Å². The van der Waals surface area contributed by atoms with Gasteiger partial charge in [0.25, 0.3) is 0 Å². The molecule has 0 unspecified atom stereocenters. The Morgan fingerprint density at radius 3 is 0.821 bits per heavy atom. The first-order valence-electron chi connectivity index (χ1n) is 35.4. The van der Waals surface area contributed by atoms with E-state index < -0.39 is 163 Å². The van der Waals surface area contributed by atoms with Crippen molar-refractivity contribution in [3.63, 3.8) is 0 Å². The van der Waals surface area contributed by atoms with Crippen LogP contribution >= 0.6 is 0 Å². The SMILES string of the molecule is Fc1cc(F)c(N2COc3cc(F)c(F)cc3C2)c(F)c1.Fc1ccc(N2COc3cc(F)c(F)c(F)c3C2)c(F)c1.Fc1ccc(N2COc3cc(F)c(F)c(F)c3C2)cc1.Fc1ccc(N2COc3cc(F)c(F)c(F)c3C2)cc1F.Fc1ccc(N2COc3cc(F)c(F)cc3C2)c(F)c1.Fc1ccc(N2COc3cc(F)c(F)cc3C2)cc1F. The molecule has 0 aliphatic carbocycles. The predicted octanol–water partition coefficient (Wildman–Crippen LogP) is 22.0. The molecular formula is C84H51F27N6O6. The average molecular weight is 1750 g/mol. The Kier molecular flexibility index (Phi) is 26.0. The Hall–Kier alpha value is -13.7. The number of benzene rings is 12. The summed E-state index contributed by atoms with van der Waals surface area (Å²) in [6.45, 7) is -0.597. The number of halogens is 27. The highest BCUT2D eigenvalue weighted by Gasteiger charge is 2.33. The summed E-state index contributed by atoms with van der Waals surface area (Å²) in [5, 5.41) is 0. The van der Waals surface area contributed by atoms with E-state index in [0.29, 0.717) is 40.7 Å². The quantitative estimate of drug-likeness (QED) is 0.118. The standard InChI is InChI=1S/3C14H8F5NO.3C14H9F4NO/c15-8-2-11(18)14(12(19)3-8)20-5-7-1-9(16)10(17)4-13(7)21-6-20;15-7-1-2-11(9(16)3-7)20-5-8-12(21-6-20)4-10(17)14(19)13(8)18;15-9-2-1-7(3-10(9)16)20-5-8-12(21-6-20)4-11(17)14(19)13(8)18;15-8-1-3-9(4-2-8)19-6-10-12(20-7-19)5-11(16)14(18)13(10)17;15-9-1-2-13(12(18)4-9)19-6-8-3-10(16)11(17)5-14(8)20-7-19;15-10-2-1-9(4-12(10)17)19-6-8-3-11(16)13(18)5-14(8)20-7-19/h3*1-4H,5-6H2;3*1-5H,6-7H2. The fraction of sp³-hybridized carbons (Fsp3) is 0.143. The van der Waals surface area contributed by atoms with Gasteiger partial charge >= 0.3 is 0 Å². The highest BCUT2D eigenvalue weighted by atomic mass is 19.2. The lowest BCUT2D eigenvalue weighted by Crippen LogP contribution is -2.33. The minimum atomic E-state index is -1.61. The second-order valence-electron chi connectivity index (χ2n) is 26.9. The van der Waals surface area contributed by atoms with Crippen molar-refractivity contribution >= 4 is 34.1 Å². The van der Waals surface area contributed by atoms with Crippen LogP contribution in [0, 0.1) is 157 Å². The minimum absolute atomic E-state index is 0.0141. The van der Waals surface area contributed by atoms with E-state index in [0.717, 1.165) is 108 Å². The molecule has 0 fully saturated rings. The summed E-state index contributed by atoms with van der Waals surface area (Å²) in [6.07, 6.45) is 0. The number of rotatable bonds is 6. The lowest BCUT2D eigenvalue weighted by molar-refractivity contribution is 0.277. The molecule has 0 saturated carbocycles. The van der Waals surface area contributed by atoms with Gasteiger partial charge in [0, 0.05) is 113 Å². The van der Waals surface area contributed by atoms with Crippen molar-refractivity contribution in [3.05, 3.63) is 354 Å². The fourth-order valence-electron chi connectivity index (χ4n) is 12.8. The van der Waals surface area contributed by atoms with Gasteiger partial charge in [0.15, 0.2) is 163 Å². The maximum absolute atomic E-state index is 13.7. The molecule has 0 amide bonds. The smallest absolute Gasteiger partial charge is 0.195 e. The van der Waals surface area contributed by atoms with E-state index in [9.17, 15) is 119 Å². The van der Waals surface area contributed by atoms with Crippen LogP contribution in [0.2, 0.25) is 0 Å². The molecule has 0 radical (unpaired) electrons. The number of hydrogen-bond acceptors (Lipinski definition) is 12. The maximum atomic E-state index is 13.7. The van der Waals surface area contributed by atoms with E-state index in [2.05, 4.69) is 0 Å². The maximum Gasteiger partial charge on any atom is 0.195 e. The molecule has 12 aromatic carbocycles. The number of anilines is 6. The molecule has 12 aromatic rings. The highest BCUT2D eigenvalue weighted by Crippen LogP contribution is 2.41. The van der Waals surface area contributed by atoms with Crippen LogP contribution in [0.3, 0.4) is 0 Å². The van der Waals surface area contributed by atoms with Crippen LogP contribution < -0.4 is 57.8 Å². The van der Waals surface area contributed by atoms with Gasteiger partial charge in [0.2, 0.25) is 0 Å². The molecule has 12 nitrogen and oxygen atoms in total. The van der Waals surface area contributed by atoms with E-state index in [-0.39, 0.29) is 153 Å². The van der Waals surface area contributed by atoms with Gasteiger partial charge in [-0.2, -0.15) is 0 Å². The molecule has 18 rings (SSSR count). The van der Waals surface area contributed by atoms with Gasteiger partial charge in [0.05, 0.1) is 60.8 Å². The third-order valence-electron chi connectivity index (χ3n) is 18.9. The summed E-state index contributed by atoms with van der Waals surface area (Å²) < 4.78 is 389. The molecule has 39 heteroatoms. The van der Waals surface area contributed by atoms with Gasteiger partial charge in [-0.15, -0.1) is 0 Å². The number of hydrogen-bond donors (Lipinski definition) is 0. The van der Waals surface area contributed by atoms with Gasteiger partial charge < -0.3 is 57.8 Å². The molecule has 642 valence electrons. The molecule has 0 bridgehead atoms. The van der Waals surface area contributed by atoms with Crippen LogP contribution in [-0.4, -0.2) is 40.4 Å². The van der Waals surface area contributed by atoms with Crippen LogP contribution in [0.25, 0.3) is 0 Å². The first-order chi connectivity index (χ1) is 58.5. The summed E-state index contributed by atoms with van der Waals surface area (Å²) in [4.78, 5) is 8.38. The normalized spacial score (nSPS) is 13.9. The third-order valence-corrected chi connectivity index (χ3v) is 18.9. The summed E-state index contributed by atoms with van der Waals surface area (Å²) in [6, 6.07) is 27.3. The van der Waals surface area contributed by atoms with Crippen LogP contribution in [0.5, 0.6) is 34.5 Å². The molecule has 6 aliphatic rings. The topological polar surface area (TPSA) is 74.8 Å². The van der Waals surface area contributed by atoms with Crippen LogP contribution in [0.4, 0.5) is 153 Å². The van der Waals surface area contributed by atoms with Gasteiger partial charge in [0.1, 0.15) is 75.1 Å². The Labute approximate surface area is 676 Å². The van der Waals surface area contributed by atoms with E-state index in [4.69, 9.17) is 28.4 Å². The van der Waals surface area contributed by atoms with E-state index in [1.54, 1.807) is 9.80 Å². The molecular weight excluding hydrogens is 1700 g/mol. The van der Waals surface area contributed by atoms with Gasteiger partial charge in [-0.3, -0.25) is 0 Å². The van der Waals surface area contributed by atoms with Crippen molar-refractivity contribution in [1.82, 2.24) is 0 Å². The lowest BCUT2D eigenvalue weighted by Gasteiger charge is -2.31. The number of fused-ring (bicyclic) bond motifs is 6. The third kappa shape index (κ3) is 19.6. The Morgan fingerprint density at radius 1 is 0.179 bits per heavy atom. The van der Waals surface area contributed by atoms with Gasteiger partial charge in [-0.1, -0.05) is 0 Å².